The van der Waals surface area contributed by atoms with E-state index in [0.717, 1.165) is 0 Å². The Morgan fingerprint density at radius 1 is 1.39 bits per heavy atom. The Morgan fingerprint density at radius 3 is 2.74 bits per heavy atom. The van der Waals surface area contributed by atoms with Crippen LogP contribution in [0.15, 0.2) is 35.6 Å². The average molecular weight is 337 g/mol. The van der Waals surface area contributed by atoms with Gasteiger partial charge in [0.2, 0.25) is 5.91 Å². The molecule has 1 aromatic heterocycles. The number of carbonyl (C=O) groups excluding carboxylic acids is 2. The summed E-state index contributed by atoms with van der Waals surface area (Å²) in [5.41, 5.74) is 0.746. The molecule has 8 heteroatoms. The van der Waals surface area contributed by atoms with Crippen LogP contribution < -0.4 is 5.32 Å². The number of nitrogens with zero attached hydrogens (tertiary/aromatic N) is 1. The summed E-state index contributed by atoms with van der Waals surface area (Å²) in [6.07, 6.45) is 1.37. The van der Waals surface area contributed by atoms with Crippen molar-refractivity contribution in [3.63, 3.8) is 0 Å². The number of aromatic nitrogens is 2. The van der Waals surface area contributed by atoms with Crippen molar-refractivity contribution in [1.29, 1.82) is 0 Å². The molecule has 2 aromatic rings. The third kappa shape index (κ3) is 4.82. The number of hydrogen-bond acceptors (Lipinski definition) is 5. The second-order valence-corrected chi connectivity index (χ2v) is 5.91. The zero-order valence-corrected chi connectivity index (χ0v) is 13.4. The van der Waals surface area contributed by atoms with Crippen LogP contribution in [0.25, 0.3) is 0 Å². The van der Waals surface area contributed by atoms with Crippen molar-refractivity contribution < 1.29 is 18.7 Å². The predicted octanol–water partition coefficient (Wildman–Crippen LogP) is 2.84. The van der Waals surface area contributed by atoms with Gasteiger partial charge in [-0.1, -0.05) is 11.8 Å². The number of benzene rings is 1. The number of aromatic amines is 1. The van der Waals surface area contributed by atoms with Crippen molar-refractivity contribution >= 4 is 29.3 Å². The molecule has 1 aromatic carbocycles. The summed E-state index contributed by atoms with van der Waals surface area (Å²) in [6, 6.07) is 5.50. The summed E-state index contributed by atoms with van der Waals surface area (Å²) in [4.78, 5) is 30.5. The molecule has 0 bridgehead atoms. The van der Waals surface area contributed by atoms with Gasteiger partial charge in [-0.3, -0.25) is 4.79 Å². The zero-order chi connectivity index (χ0) is 16.8. The van der Waals surface area contributed by atoms with Gasteiger partial charge in [-0.15, -0.1) is 0 Å². The second-order valence-electron chi connectivity index (χ2n) is 4.58. The van der Waals surface area contributed by atoms with E-state index in [9.17, 15) is 14.0 Å². The molecule has 6 nitrogen and oxygen atoms in total. The first kappa shape index (κ1) is 17.0. The van der Waals surface area contributed by atoms with Crippen molar-refractivity contribution in [2.45, 2.75) is 24.3 Å². The van der Waals surface area contributed by atoms with Crippen LogP contribution in [0.4, 0.5) is 10.1 Å². The number of esters is 1. The Balaban J connectivity index is 1.93. The fourth-order valence-corrected chi connectivity index (χ4v) is 2.46. The first-order chi connectivity index (χ1) is 11.0. The van der Waals surface area contributed by atoms with Crippen molar-refractivity contribution in [3.05, 3.63) is 42.0 Å². The molecule has 122 valence electrons. The minimum absolute atomic E-state index is 0.237. The first-order valence-electron chi connectivity index (χ1n) is 6.94. The van der Waals surface area contributed by atoms with Gasteiger partial charge in [0.25, 0.3) is 0 Å². The minimum atomic E-state index is -0.490. The fraction of sp³-hybridized carbons (Fsp3) is 0.267. The molecule has 0 fully saturated rings. The van der Waals surface area contributed by atoms with Gasteiger partial charge in [0.1, 0.15) is 11.5 Å². The van der Waals surface area contributed by atoms with Crippen LogP contribution >= 0.6 is 11.8 Å². The van der Waals surface area contributed by atoms with E-state index in [0.29, 0.717) is 10.8 Å². The normalized spacial score (nSPS) is 11.8. The Labute approximate surface area is 136 Å². The van der Waals surface area contributed by atoms with Gasteiger partial charge in [0.05, 0.1) is 18.1 Å². The highest BCUT2D eigenvalue weighted by atomic mass is 32.2. The largest absolute Gasteiger partial charge is 0.461 e. The number of ether oxygens (including phenoxy) is 1. The maximum atomic E-state index is 12.8. The van der Waals surface area contributed by atoms with Crippen LogP contribution in [0, 0.1) is 5.82 Å². The molecule has 0 saturated carbocycles. The third-order valence-electron chi connectivity index (χ3n) is 2.82. The van der Waals surface area contributed by atoms with Gasteiger partial charge >= 0.3 is 5.97 Å². The molecule has 0 aliphatic heterocycles. The van der Waals surface area contributed by atoms with Gasteiger partial charge in [-0.05, 0) is 38.1 Å². The van der Waals surface area contributed by atoms with Crippen molar-refractivity contribution in [2.75, 3.05) is 11.9 Å². The zero-order valence-electron chi connectivity index (χ0n) is 12.6. The molecule has 2 rings (SSSR count). The van der Waals surface area contributed by atoms with Crippen molar-refractivity contribution in [1.82, 2.24) is 9.97 Å². The average Bonchev–Trinajstić information content (AvgIpc) is 2.98. The highest BCUT2D eigenvalue weighted by molar-refractivity contribution is 8.00. The number of thioether (sulfide) groups is 1. The first-order valence-corrected chi connectivity index (χ1v) is 7.82. The number of rotatable bonds is 6. The Morgan fingerprint density at radius 2 is 2.09 bits per heavy atom. The van der Waals surface area contributed by atoms with E-state index in [-0.39, 0.29) is 24.0 Å². The van der Waals surface area contributed by atoms with Crippen LogP contribution in [-0.4, -0.2) is 33.7 Å². The molecule has 0 radical (unpaired) electrons. The highest BCUT2D eigenvalue weighted by Crippen LogP contribution is 2.21. The van der Waals surface area contributed by atoms with E-state index >= 15 is 0 Å². The molecule has 0 aliphatic rings. The summed E-state index contributed by atoms with van der Waals surface area (Å²) in [7, 11) is 0. The number of H-pyrrole nitrogens is 1. The van der Waals surface area contributed by atoms with Gasteiger partial charge < -0.3 is 15.0 Å². The minimum Gasteiger partial charge on any atom is -0.461 e. The van der Waals surface area contributed by atoms with Crippen LogP contribution in [0.5, 0.6) is 0 Å². The highest BCUT2D eigenvalue weighted by Gasteiger charge is 2.18. The van der Waals surface area contributed by atoms with E-state index in [1.54, 1.807) is 13.8 Å². The fourth-order valence-electron chi connectivity index (χ4n) is 1.67. The summed E-state index contributed by atoms with van der Waals surface area (Å²) in [6.45, 7) is 3.69. The molecule has 1 heterocycles. The molecular formula is C15H16FN3O3S. The second kappa shape index (κ2) is 7.77. The van der Waals surface area contributed by atoms with Crippen LogP contribution in [0.1, 0.15) is 24.3 Å². The lowest BCUT2D eigenvalue weighted by Gasteiger charge is -2.10. The van der Waals surface area contributed by atoms with Crippen molar-refractivity contribution in [2.24, 2.45) is 0 Å². The molecule has 2 N–H and O–H groups in total. The number of amides is 1. The lowest BCUT2D eigenvalue weighted by atomic mass is 10.3. The Bertz CT molecular complexity index is 688. The number of hydrogen-bond donors (Lipinski definition) is 2. The van der Waals surface area contributed by atoms with E-state index < -0.39 is 11.2 Å². The van der Waals surface area contributed by atoms with Gasteiger partial charge in [-0.2, -0.15) is 0 Å². The Hall–Kier alpha value is -2.35. The van der Waals surface area contributed by atoms with Crippen LogP contribution in [0.2, 0.25) is 0 Å². The number of imidazole rings is 1. The van der Waals surface area contributed by atoms with Crippen molar-refractivity contribution in [3.8, 4) is 0 Å². The molecule has 1 unspecified atom stereocenters. The van der Waals surface area contributed by atoms with Gasteiger partial charge in [-0.25, -0.2) is 14.2 Å². The molecule has 23 heavy (non-hydrogen) atoms. The SMILES string of the molecule is CCOC(=O)c1cnc(SC(C)C(=O)Nc2ccc(F)cc2)[nH]1. The molecule has 1 amide bonds. The van der Waals surface area contributed by atoms with Crippen LogP contribution in [-0.2, 0) is 9.53 Å². The standard InChI is InChI=1S/C15H16FN3O3S/c1-3-22-14(21)12-8-17-15(19-12)23-9(2)13(20)18-11-6-4-10(16)5-7-11/h4-9H,3H2,1-2H3,(H,17,19)(H,18,20). The van der Waals surface area contributed by atoms with E-state index in [4.69, 9.17) is 4.74 Å². The Kier molecular flexibility index (Phi) is 5.75. The van der Waals surface area contributed by atoms with E-state index in [2.05, 4.69) is 15.3 Å². The number of halogens is 1. The van der Waals surface area contributed by atoms with Gasteiger partial charge in [0.15, 0.2) is 5.16 Å². The maximum Gasteiger partial charge on any atom is 0.356 e. The molecule has 0 saturated heterocycles. The van der Waals surface area contributed by atoms with Crippen LogP contribution in [0.3, 0.4) is 0 Å². The molecule has 1 atom stereocenters. The van der Waals surface area contributed by atoms with Gasteiger partial charge in [0, 0.05) is 5.69 Å². The lowest BCUT2D eigenvalue weighted by Crippen LogP contribution is -2.22. The predicted molar refractivity (Wildman–Crippen MR) is 84.9 cm³/mol. The number of anilines is 1. The summed E-state index contributed by atoms with van der Waals surface area (Å²) in [5.74, 6) is -1.11. The molecular weight excluding hydrogens is 321 g/mol. The molecule has 0 aliphatic carbocycles. The summed E-state index contributed by atoms with van der Waals surface area (Å²) < 4.78 is 17.7. The smallest absolute Gasteiger partial charge is 0.356 e. The summed E-state index contributed by atoms with van der Waals surface area (Å²) >= 11 is 1.17. The number of nitrogens with one attached hydrogen (secondary N) is 2. The third-order valence-corrected chi connectivity index (χ3v) is 3.82. The van der Waals surface area contributed by atoms with E-state index in [1.165, 1.54) is 42.2 Å². The summed E-state index contributed by atoms with van der Waals surface area (Å²) in [5, 5.41) is 2.66. The monoisotopic (exact) mass is 337 g/mol. The van der Waals surface area contributed by atoms with E-state index in [1.807, 2.05) is 0 Å². The molecule has 0 spiro atoms. The lowest BCUT2D eigenvalue weighted by molar-refractivity contribution is -0.115. The maximum absolute atomic E-state index is 12.8. The quantitative estimate of drug-likeness (QED) is 0.625. The number of carbonyl (C=O) groups is 2. The topological polar surface area (TPSA) is 84.1 Å².